The van der Waals surface area contributed by atoms with Gasteiger partial charge in [0.25, 0.3) is 0 Å². The highest BCUT2D eigenvalue weighted by Crippen LogP contribution is 2.28. The van der Waals surface area contributed by atoms with Gasteiger partial charge in [0, 0.05) is 0 Å². The molecule has 0 fully saturated rings. The molecule has 0 saturated heterocycles. The van der Waals surface area contributed by atoms with Crippen LogP contribution < -0.4 is 0 Å². The zero-order valence-corrected chi connectivity index (χ0v) is 9.95. The molecular weight excluding hydrogens is 220 g/mol. The van der Waals surface area contributed by atoms with E-state index < -0.39 is 6.10 Å². The summed E-state index contributed by atoms with van der Waals surface area (Å²) in [6, 6.07) is 23.9. The van der Waals surface area contributed by atoms with Gasteiger partial charge in [0.1, 0.15) is 6.10 Å². The highest BCUT2D eigenvalue weighted by Gasteiger charge is 2.12. The largest absolute Gasteiger partial charge is 0.384 e. The molecule has 88 valence electrons. The van der Waals surface area contributed by atoms with Crippen LogP contribution >= 0.6 is 0 Å². The predicted octanol–water partition coefficient (Wildman–Crippen LogP) is 3.92. The van der Waals surface area contributed by atoms with Gasteiger partial charge in [-0.15, -0.1) is 0 Å². The lowest BCUT2D eigenvalue weighted by atomic mass is 9.96. The lowest BCUT2D eigenvalue weighted by Crippen LogP contribution is -1.99. The molecule has 0 saturated carbocycles. The standard InChI is InChI=1S/C17H14O/c18-17(14-8-2-1-3-9-14)16-12-6-10-13-7-4-5-11-15(13)16/h1-12,17-18H/t17-/m0/s1. The summed E-state index contributed by atoms with van der Waals surface area (Å²) in [4.78, 5) is 0. The summed E-state index contributed by atoms with van der Waals surface area (Å²) in [6.45, 7) is 0. The number of hydrogen-bond acceptors (Lipinski definition) is 1. The Hall–Kier alpha value is -2.12. The Morgan fingerprint density at radius 3 is 2.17 bits per heavy atom. The van der Waals surface area contributed by atoms with Crippen molar-refractivity contribution in [2.45, 2.75) is 6.10 Å². The van der Waals surface area contributed by atoms with Crippen LogP contribution in [0.2, 0.25) is 0 Å². The fourth-order valence-electron chi connectivity index (χ4n) is 2.30. The van der Waals surface area contributed by atoms with Gasteiger partial charge in [-0.1, -0.05) is 72.8 Å². The molecule has 3 rings (SSSR count). The van der Waals surface area contributed by atoms with Crippen LogP contribution in [-0.2, 0) is 0 Å². The van der Waals surface area contributed by atoms with Crippen LogP contribution in [0.5, 0.6) is 0 Å². The second-order valence-corrected chi connectivity index (χ2v) is 4.38. The molecular formula is C17H14O. The minimum atomic E-state index is -0.572. The highest BCUT2D eigenvalue weighted by molar-refractivity contribution is 5.86. The van der Waals surface area contributed by atoms with E-state index in [-0.39, 0.29) is 0 Å². The van der Waals surface area contributed by atoms with Crippen LogP contribution in [0.3, 0.4) is 0 Å². The number of hydrogen-bond donors (Lipinski definition) is 1. The Balaban J connectivity index is 2.15. The molecule has 0 aliphatic rings. The summed E-state index contributed by atoms with van der Waals surface area (Å²) >= 11 is 0. The van der Waals surface area contributed by atoms with E-state index in [0.717, 1.165) is 21.9 Å². The summed E-state index contributed by atoms with van der Waals surface area (Å²) in [7, 11) is 0. The van der Waals surface area contributed by atoms with Crippen molar-refractivity contribution >= 4 is 10.8 Å². The minimum absolute atomic E-state index is 0.572. The third kappa shape index (κ3) is 1.89. The lowest BCUT2D eigenvalue weighted by Gasteiger charge is -2.14. The van der Waals surface area contributed by atoms with Gasteiger partial charge in [-0.2, -0.15) is 0 Å². The van der Waals surface area contributed by atoms with Crippen LogP contribution in [0.25, 0.3) is 10.8 Å². The average Bonchev–Trinajstić information content (AvgIpc) is 2.47. The third-order valence-corrected chi connectivity index (χ3v) is 3.23. The number of aliphatic hydroxyl groups is 1. The Labute approximate surface area is 106 Å². The molecule has 0 amide bonds. The van der Waals surface area contributed by atoms with Gasteiger partial charge in [-0.25, -0.2) is 0 Å². The molecule has 0 aliphatic carbocycles. The first kappa shape index (κ1) is 11.0. The van der Waals surface area contributed by atoms with Crippen LogP contribution in [0.1, 0.15) is 17.2 Å². The van der Waals surface area contributed by atoms with E-state index in [2.05, 4.69) is 18.2 Å². The minimum Gasteiger partial charge on any atom is -0.384 e. The van der Waals surface area contributed by atoms with Crippen molar-refractivity contribution < 1.29 is 5.11 Å². The van der Waals surface area contributed by atoms with Gasteiger partial charge in [0.2, 0.25) is 0 Å². The number of aliphatic hydroxyl groups excluding tert-OH is 1. The van der Waals surface area contributed by atoms with Crippen LogP contribution in [0.4, 0.5) is 0 Å². The van der Waals surface area contributed by atoms with Gasteiger partial charge < -0.3 is 5.11 Å². The number of benzene rings is 3. The van der Waals surface area contributed by atoms with Crippen LogP contribution in [0, 0.1) is 0 Å². The monoisotopic (exact) mass is 234 g/mol. The molecule has 0 bridgehead atoms. The van der Waals surface area contributed by atoms with Gasteiger partial charge in [0.15, 0.2) is 0 Å². The van der Waals surface area contributed by atoms with Crippen LogP contribution in [-0.4, -0.2) is 5.11 Å². The number of rotatable bonds is 2. The molecule has 0 heterocycles. The predicted molar refractivity (Wildman–Crippen MR) is 74.5 cm³/mol. The summed E-state index contributed by atoms with van der Waals surface area (Å²) in [5.41, 5.74) is 1.88. The summed E-state index contributed by atoms with van der Waals surface area (Å²) < 4.78 is 0. The fourth-order valence-corrected chi connectivity index (χ4v) is 2.30. The smallest absolute Gasteiger partial charge is 0.105 e. The quantitative estimate of drug-likeness (QED) is 0.712. The van der Waals surface area contributed by atoms with Crippen molar-refractivity contribution in [1.82, 2.24) is 0 Å². The molecule has 0 unspecified atom stereocenters. The topological polar surface area (TPSA) is 20.2 Å². The van der Waals surface area contributed by atoms with Crippen molar-refractivity contribution in [2.75, 3.05) is 0 Å². The molecule has 0 aliphatic heterocycles. The van der Waals surface area contributed by atoms with E-state index in [1.807, 2.05) is 54.6 Å². The highest BCUT2D eigenvalue weighted by atomic mass is 16.3. The van der Waals surface area contributed by atoms with Crippen molar-refractivity contribution in [2.24, 2.45) is 0 Å². The first-order chi connectivity index (χ1) is 8.86. The molecule has 0 spiro atoms. The van der Waals surface area contributed by atoms with E-state index in [1.54, 1.807) is 0 Å². The lowest BCUT2D eigenvalue weighted by molar-refractivity contribution is 0.222. The van der Waals surface area contributed by atoms with Gasteiger partial charge in [-0.05, 0) is 21.9 Å². The van der Waals surface area contributed by atoms with Crippen LogP contribution in [0.15, 0.2) is 72.8 Å². The Kier molecular flexibility index (Phi) is 2.83. The van der Waals surface area contributed by atoms with E-state index in [9.17, 15) is 5.11 Å². The third-order valence-electron chi connectivity index (χ3n) is 3.23. The molecule has 3 aromatic carbocycles. The zero-order chi connectivity index (χ0) is 12.4. The summed E-state index contributed by atoms with van der Waals surface area (Å²) in [6.07, 6.45) is -0.572. The molecule has 1 nitrogen and oxygen atoms in total. The number of fused-ring (bicyclic) bond motifs is 1. The van der Waals surface area contributed by atoms with Crippen molar-refractivity contribution in [3.8, 4) is 0 Å². The molecule has 1 heteroatoms. The van der Waals surface area contributed by atoms with E-state index in [0.29, 0.717) is 0 Å². The summed E-state index contributed by atoms with van der Waals surface area (Å²) in [5.74, 6) is 0. The normalized spacial score (nSPS) is 12.5. The van der Waals surface area contributed by atoms with E-state index >= 15 is 0 Å². The van der Waals surface area contributed by atoms with Crippen molar-refractivity contribution in [1.29, 1.82) is 0 Å². The van der Waals surface area contributed by atoms with Gasteiger partial charge in [0.05, 0.1) is 0 Å². The van der Waals surface area contributed by atoms with Crippen molar-refractivity contribution in [3.63, 3.8) is 0 Å². The Morgan fingerprint density at radius 2 is 1.33 bits per heavy atom. The molecule has 3 aromatic rings. The first-order valence-corrected chi connectivity index (χ1v) is 6.07. The van der Waals surface area contributed by atoms with Gasteiger partial charge in [-0.3, -0.25) is 0 Å². The second kappa shape index (κ2) is 4.63. The Morgan fingerprint density at radius 1 is 0.667 bits per heavy atom. The molecule has 1 N–H and O–H groups in total. The molecule has 18 heavy (non-hydrogen) atoms. The molecule has 0 radical (unpaired) electrons. The molecule has 0 aromatic heterocycles. The van der Waals surface area contributed by atoms with E-state index in [4.69, 9.17) is 0 Å². The molecule has 1 atom stereocenters. The fraction of sp³-hybridized carbons (Fsp3) is 0.0588. The maximum Gasteiger partial charge on any atom is 0.105 e. The SMILES string of the molecule is O[C@@H](c1ccccc1)c1cccc2ccccc12. The first-order valence-electron chi connectivity index (χ1n) is 6.07. The maximum atomic E-state index is 10.5. The Bertz CT molecular complexity index is 653. The summed E-state index contributed by atoms with van der Waals surface area (Å²) in [5, 5.41) is 12.8. The van der Waals surface area contributed by atoms with Gasteiger partial charge >= 0.3 is 0 Å². The maximum absolute atomic E-state index is 10.5. The second-order valence-electron chi connectivity index (χ2n) is 4.38. The van der Waals surface area contributed by atoms with E-state index in [1.165, 1.54) is 0 Å². The zero-order valence-electron chi connectivity index (χ0n) is 9.95. The average molecular weight is 234 g/mol. The van der Waals surface area contributed by atoms with Crippen molar-refractivity contribution in [3.05, 3.63) is 83.9 Å².